The Bertz CT molecular complexity index is 285. The average molecular weight is 179 g/mol. The van der Waals surface area contributed by atoms with Gasteiger partial charge in [-0.2, -0.15) is 10.1 Å². The van der Waals surface area contributed by atoms with Crippen LogP contribution in [0.2, 0.25) is 0 Å². The summed E-state index contributed by atoms with van der Waals surface area (Å²) in [4.78, 5) is 1.48. The van der Waals surface area contributed by atoms with Gasteiger partial charge in [-0.15, -0.1) is 5.10 Å². The van der Waals surface area contributed by atoms with E-state index in [1.165, 1.54) is 24.1 Å². The zero-order valence-electron chi connectivity index (χ0n) is 7.77. The lowest BCUT2D eigenvalue weighted by atomic mass is 10.2. The van der Waals surface area contributed by atoms with Crippen molar-refractivity contribution in [1.82, 2.24) is 20.2 Å². The number of aromatic nitrogens is 4. The molecule has 0 aliphatic carbocycles. The van der Waals surface area contributed by atoms with Crippen molar-refractivity contribution in [2.45, 2.75) is 39.2 Å². The highest BCUT2D eigenvalue weighted by Crippen LogP contribution is 1.99. The number of hydrogen-bond donors (Lipinski definition) is 0. The number of nitriles is 1. The maximum absolute atomic E-state index is 8.43. The van der Waals surface area contributed by atoms with Crippen molar-refractivity contribution >= 4 is 0 Å². The Morgan fingerprint density at radius 2 is 2.23 bits per heavy atom. The maximum atomic E-state index is 8.43. The summed E-state index contributed by atoms with van der Waals surface area (Å²) in [5.41, 5.74) is 0. The average Bonchev–Trinajstić information content (AvgIpc) is 2.60. The molecule has 1 aromatic heterocycles. The van der Waals surface area contributed by atoms with E-state index in [0.717, 1.165) is 13.0 Å². The fourth-order valence-electron chi connectivity index (χ4n) is 1.06. The lowest BCUT2D eigenvalue weighted by Gasteiger charge is -1.96. The van der Waals surface area contributed by atoms with Crippen molar-refractivity contribution in [3.63, 3.8) is 0 Å². The van der Waals surface area contributed by atoms with Gasteiger partial charge in [0.2, 0.25) is 0 Å². The third-order valence-electron chi connectivity index (χ3n) is 1.76. The van der Waals surface area contributed by atoms with E-state index in [1.807, 2.05) is 6.07 Å². The SMILES string of the molecule is CCCCCCn1nnc(C#N)n1. The molecule has 1 heterocycles. The molecule has 0 fully saturated rings. The molecule has 5 heteroatoms. The molecule has 70 valence electrons. The number of rotatable bonds is 5. The highest BCUT2D eigenvalue weighted by atomic mass is 15.6. The molecular formula is C8H13N5. The van der Waals surface area contributed by atoms with Gasteiger partial charge in [-0.1, -0.05) is 31.3 Å². The first-order valence-electron chi connectivity index (χ1n) is 4.54. The Hall–Kier alpha value is -1.44. The normalized spacial score (nSPS) is 9.85. The standard InChI is InChI=1S/C8H13N5/c1-2-3-4-5-6-13-11-8(7-9)10-12-13/h2-6H2,1H3. The fraction of sp³-hybridized carbons (Fsp3) is 0.750. The van der Waals surface area contributed by atoms with Crippen LogP contribution in [-0.2, 0) is 6.54 Å². The van der Waals surface area contributed by atoms with Gasteiger partial charge in [0, 0.05) is 0 Å². The number of nitrogens with zero attached hydrogens (tertiary/aromatic N) is 5. The molecule has 0 saturated heterocycles. The highest BCUT2D eigenvalue weighted by molar-refractivity contribution is 5.03. The summed E-state index contributed by atoms with van der Waals surface area (Å²) in [6.07, 6.45) is 4.68. The zero-order valence-corrected chi connectivity index (χ0v) is 7.77. The van der Waals surface area contributed by atoms with E-state index < -0.39 is 0 Å². The first-order chi connectivity index (χ1) is 6.36. The molecule has 13 heavy (non-hydrogen) atoms. The predicted molar refractivity (Wildman–Crippen MR) is 46.7 cm³/mol. The minimum Gasteiger partial charge on any atom is -0.189 e. The molecule has 0 bridgehead atoms. The van der Waals surface area contributed by atoms with Gasteiger partial charge in [-0.25, -0.2) is 0 Å². The van der Waals surface area contributed by atoms with Gasteiger partial charge in [0.25, 0.3) is 5.82 Å². The summed E-state index contributed by atoms with van der Waals surface area (Å²) < 4.78 is 0. The molecule has 5 nitrogen and oxygen atoms in total. The second kappa shape index (κ2) is 5.25. The number of hydrogen-bond acceptors (Lipinski definition) is 4. The van der Waals surface area contributed by atoms with Crippen molar-refractivity contribution in [2.24, 2.45) is 0 Å². The number of aryl methyl sites for hydroxylation is 1. The van der Waals surface area contributed by atoms with Gasteiger partial charge < -0.3 is 0 Å². The summed E-state index contributed by atoms with van der Waals surface area (Å²) in [7, 11) is 0. The quantitative estimate of drug-likeness (QED) is 0.635. The Kier molecular flexibility index (Phi) is 3.89. The van der Waals surface area contributed by atoms with E-state index in [2.05, 4.69) is 22.3 Å². The zero-order chi connectivity index (χ0) is 9.52. The molecule has 0 N–H and O–H groups in total. The summed E-state index contributed by atoms with van der Waals surface area (Å²) >= 11 is 0. The van der Waals surface area contributed by atoms with Gasteiger partial charge in [0.05, 0.1) is 6.54 Å². The summed E-state index contributed by atoms with van der Waals surface area (Å²) in [5.74, 6) is 0.149. The van der Waals surface area contributed by atoms with Crippen molar-refractivity contribution in [1.29, 1.82) is 5.26 Å². The van der Waals surface area contributed by atoms with Crippen LogP contribution >= 0.6 is 0 Å². The van der Waals surface area contributed by atoms with Crippen molar-refractivity contribution in [3.8, 4) is 6.07 Å². The molecule has 0 amide bonds. The van der Waals surface area contributed by atoms with Gasteiger partial charge in [0.15, 0.2) is 0 Å². The van der Waals surface area contributed by atoms with E-state index >= 15 is 0 Å². The number of tetrazole rings is 1. The van der Waals surface area contributed by atoms with Gasteiger partial charge in [-0.3, -0.25) is 0 Å². The molecule has 0 atom stereocenters. The van der Waals surface area contributed by atoms with Crippen molar-refractivity contribution in [3.05, 3.63) is 5.82 Å². The highest BCUT2D eigenvalue weighted by Gasteiger charge is 1.99. The summed E-state index contributed by atoms with van der Waals surface area (Å²) in [6.45, 7) is 2.93. The Balaban J connectivity index is 2.25. The van der Waals surface area contributed by atoms with E-state index in [1.54, 1.807) is 0 Å². The molecule has 0 aliphatic heterocycles. The number of unbranched alkanes of at least 4 members (excludes halogenated alkanes) is 3. The van der Waals surface area contributed by atoms with Gasteiger partial charge in [0.1, 0.15) is 6.07 Å². The van der Waals surface area contributed by atoms with Crippen LogP contribution in [0.3, 0.4) is 0 Å². The molecule has 0 spiro atoms. The third-order valence-corrected chi connectivity index (χ3v) is 1.76. The molecule has 0 aromatic carbocycles. The molecule has 0 radical (unpaired) electrons. The maximum Gasteiger partial charge on any atom is 0.273 e. The molecular weight excluding hydrogens is 166 g/mol. The molecule has 0 saturated carbocycles. The topological polar surface area (TPSA) is 67.4 Å². The summed E-state index contributed by atoms with van der Waals surface area (Å²) in [6, 6.07) is 1.84. The van der Waals surface area contributed by atoms with E-state index in [0.29, 0.717) is 0 Å². The van der Waals surface area contributed by atoms with Crippen LogP contribution < -0.4 is 0 Å². The molecule has 0 unspecified atom stereocenters. The fourth-order valence-corrected chi connectivity index (χ4v) is 1.06. The lowest BCUT2D eigenvalue weighted by molar-refractivity contribution is 0.479. The molecule has 0 aliphatic rings. The second-order valence-electron chi connectivity index (χ2n) is 2.88. The van der Waals surface area contributed by atoms with E-state index in [4.69, 9.17) is 5.26 Å². The van der Waals surface area contributed by atoms with Crippen LogP contribution in [0.15, 0.2) is 0 Å². The van der Waals surface area contributed by atoms with Crippen molar-refractivity contribution in [2.75, 3.05) is 0 Å². The Labute approximate surface area is 77.4 Å². The first kappa shape index (κ1) is 9.65. The van der Waals surface area contributed by atoms with Crippen LogP contribution in [0.1, 0.15) is 38.4 Å². The van der Waals surface area contributed by atoms with Crippen LogP contribution in [0.4, 0.5) is 0 Å². The largest absolute Gasteiger partial charge is 0.273 e. The van der Waals surface area contributed by atoms with Crippen LogP contribution in [0.25, 0.3) is 0 Å². The van der Waals surface area contributed by atoms with Gasteiger partial charge >= 0.3 is 0 Å². The molecule has 1 rings (SSSR count). The Morgan fingerprint density at radius 1 is 1.38 bits per heavy atom. The van der Waals surface area contributed by atoms with E-state index in [9.17, 15) is 0 Å². The van der Waals surface area contributed by atoms with E-state index in [-0.39, 0.29) is 5.82 Å². The Morgan fingerprint density at radius 3 is 2.85 bits per heavy atom. The van der Waals surface area contributed by atoms with Crippen LogP contribution in [0, 0.1) is 11.3 Å². The van der Waals surface area contributed by atoms with Crippen LogP contribution in [0.5, 0.6) is 0 Å². The second-order valence-corrected chi connectivity index (χ2v) is 2.88. The smallest absolute Gasteiger partial charge is 0.189 e. The van der Waals surface area contributed by atoms with Gasteiger partial charge in [-0.05, 0) is 11.6 Å². The first-order valence-corrected chi connectivity index (χ1v) is 4.54. The monoisotopic (exact) mass is 179 g/mol. The summed E-state index contributed by atoms with van der Waals surface area (Å²) in [5, 5.41) is 19.6. The van der Waals surface area contributed by atoms with Crippen LogP contribution in [-0.4, -0.2) is 20.2 Å². The minimum absolute atomic E-state index is 0.149. The minimum atomic E-state index is 0.149. The third kappa shape index (κ3) is 3.20. The van der Waals surface area contributed by atoms with Crippen molar-refractivity contribution < 1.29 is 0 Å². The predicted octanol–water partition coefficient (Wildman–Crippen LogP) is 1.13. The lowest BCUT2D eigenvalue weighted by Crippen LogP contribution is -2.02. The molecule has 1 aromatic rings.